The van der Waals surface area contributed by atoms with Crippen molar-refractivity contribution in [3.05, 3.63) is 53.9 Å². The summed E-state index contributed by atoms with van der Waals surface area (Å²) in [6.45, 7) is 3.32. The number of rotatable bonds is 5. The highest BCUT2D eigenvalue weighted by atomic mass is 16.5. The number of pyridine rings is 1. The van der Waals surface area contributed by atoms with Crippen LogP contribution in [-0.2, 0) is 9.53 Å². The van der Waals surface area contributed by atoms with E-state index in [0.29, 0.717) is 11.4 Å². The van der Waals surface area contributed by atoms with Gasteiger partial charge in [-0.1, -0.05) is 12.1 Å². The Bertz CT molecular complexity index is 774. The zero-order valence-corrected chi connectivity index (χ0v) is 13.3. The quantitative estimate of drug-likeness (QED) is 0.822. The van der Waals surface area contributed by atoms with Crippen molar-refractivity contribution in [3.63, 3.8) is 0 Å². The first-order chi connectivity index (χ1) is 11.5. The lowest BCUT2D eigenvalue weighted by Crippen LogP contribution is -2.16. The van der Waals surface area contributed by atoms with Crippen LogP contribution in [0.3, 0.4) is 0 Å². The van der Waals surface area contributed by atoms with Gasteiger partial charge in [0.1, 0.15) is 11.4 Å². The van der Waals surface area contributed by atoms with Gasteiger partial charge >= 0.3 is 5.97 Å². The number of carbonyl (C=O) groups excluding carboxylic acids is 3. The van der Waals surface area contributed by atoms with Crippen molar-refractivity contribution in [1.29, 1.82) is 0 Å². The molecule has 0 saturated heterocycles. The van der Waals surface area contributed by atoms with Gasteiger partial charge in [-0.3, -0.25) is 9.59 Å². The van der Waals surface area contributed by atoms with Crippen LogP contribution in [0, 0.1) is 0 Å². The van der Waals surface area contributed by atoms with E-state index in [1.54, 1.807) is 37.3 Å². The van der Waals surface area contributed by atoms with Gasteiger partial charge in [0.15, 0.2) is 0 Å². The van der Waals surface area contributed by atoms with Crippen molar-refractivity contribution in [2.24, 2.45) is 0 Å². The minimum Gasteiger partial charge on any atom is -0.461 e. The molecule has 2 amide bonds. The van der Waals surface area contributed by atoms with E-state index in [9.17, 15) is 14.4 Å². The number of aromatic nitrogens is 1. The lowest BCUT2D eigenvalue weighted by molar-refractivity contribution is -0.114. The van der Waals surface area contributed by atoms with Crippen molar-refractivity contribution in [2.75, 3.05) is 17.2 Å². The average Bonchev–Trinajstić information content (AvgIpc) is 2.55. The molecular formula is C17H17N3O4. The summed E-state index contributed by atoms with van der Waals surface area (Å²) in [4.78, 5) is 39.0. The van der Waals surface area contributed by atoms with E-state index >= 15 is 0 Å². The fraction of sp³-hybridized carbons (Fsp3) is 0.176. The van der Waals surface area contributed by atoms with Crippen molar-refractivity contribution in [2.45, 2.75) is 13.8 Å². The van der Waals surface area contributed by atoms with Crippen LogP contribution in [0.15, 0.2) is 42.5 Å². The fourth-order valence-corrected chi connectivity index (χ4v) is 1.95. The molecule has 124 valence electrons. The van der Waals surface area contributed by atoms with Crippen LogP contribution in [0.1, 0.15) is 34.8 Å². The van der Waals surface area contributed by atoms with Gasteiger partial charge in [-0.15, -0.1) is 0 Å². The summed E-state index contributed by atoms with van der Waals surface area (Å²) in [5.74, 6) is -1.26. The number of carbonyl (C=O) groups is 3. The number of hydrogen-bond acceptors (Lipinski definition) is 5. The van der Waals surface area contributed by atoms with Crippen molar-refractivity contribution >= 4 is 29.2 Å². The first kappa shape index (κ1) is 17.1. The summed E-state index contributed by atoms with van der Waals surface area (Å²) in [6, 6.07) is 11.2. The molecule has 1 aromatic heterocycles. The van der Waals surface area contributed by atoms with Crippen LogP contribution in [0.5, 0.6) is 0 Å². The highest BCUT2D eigenvalue weighted by Crippen LogP contribution is 2.16. The van der Waals surface area contributed by atoms with Gasteiger partial charge in [-0.25, -0.2) is 9.78 Å². The Balaban J connectivity index is 2.14. The molecule has 0 aliphatic rings. The highest BCUT2D eigenvalue weighted by Gasteiger charge is 2.13. The summed E-state index contributed by atoms with van der Waals surface area (Å²) in [6.07, 6.45) is 0. The summed E-state index contributed by atoms with van der Waals surface area (Å²) >= 11 is 0. The third kappa shape index (κ3) is 4.64. The average molecular weight is 327 g/mol. The molecule has 2 N–H and O–H groups in total. The molecule has 0 atom stereocenters. The Morgan fingerprint density at radius 3 is 2.29 bits per heavy atom. The molecule has 0 aliphatic carbocycles. The maximum atomic E-state index is 12.3. The smallest absolute Gasteiger partial charge is 0.356 e. The first-order valence-electron chi connectivity index (χ1n) is 7.32. The largest absolute Gasteiger partial charge is 0.461 e. The van der Waals surface area contributed by atoms with Crippen LogP contribution in [0.4, 0.5) is 11.4 Å². The fourth-order valence-electron chi connectivity index (χ4n) is 1.95. The van der Waals surface area contributed by atoms with Crippen LogP contribution >= 0.6 is 0 Å². The normalized spacial score (nSPS) is 9.92. The molecule has 2 rings (SSSR count). The molecule has 2 aromatic rings. The highest BCUT2D eigenvalue weighted by molar-refractivity contribution is 6.04. The molecule has 0 aliphatic heterocycles. The predicted molar refractivity (Wildman–Crippen MR) is 88.9 cm³/mol. The van der Waals surface area contributed by atoms with Gasteiger partial charge < -0.3 is 15.4 Å². The molecule has 1 heterocycles. The maximum Gasteiger partial charge on any atom is 0.356 e. The summed E-state index contributed by atoms with van der Waals surface area (Å²) in [5, 5.41) is 5.29. The van der Waals surface area contributed by atoms with Crippen molar-refractivity contribution in [1.82, 2.24) is 4.98 Å². The van der Waals surface area contributed by atoms with Gasteiger partial charge in [0.2, 0.25) is 5.91 Å². The Hall–Kier alpha value is -3.22. The lowest BCUT2D eigenvalue weighted by atomic mass is 10.2. The minimum absolute atomic E-state index is 0.0662. The van der Waals surface area contributed by atoms with Crippen LogP contribution in [-0.4, -0.2) is 29.4 Å². The Morgan fingerprint density at radius 2 is 1.62 bits per heavy atom. The van der Waals surface area contributed by atoms with Gasteiger partial charge in [-0.05, 0) is 37.3 Å². The topological polar surface area (TPSA) is 97.4 Å². The van der Waals surface area contributed by atoms with E-state index in [2.05, 4.69) is 15.6 Å². The zero-order chi connectivity index (χ0) is 17.5. The number of ether oxygens (including phenoxy) is 1. The first-order valence-corrected chi connectivity index (χ1v) is 7.32. The molecule has 1 aromatic carbocycles. The van der Waals surface area contributed by atoms with Crippen LogP contribution in [0.2, 0.25) is 0 Å². The number of nitrogens with zero attached hydrogens (tertiary/aromatic N) is 1. The van der Waals surface area contributed by atoms with E-state index in [1.165, 1.54) is 19.1 Å². The molecule has 0 unspecified atom stereocenters. The maximum absolute atomic E-state index is 12.3. The molecule has 24 heavy (non-hydrogen) atoms. The molecule has 0 saturated carbocycles. The monoisotopic (exact) mass is 327 g/mol. The number of benzene rings is 1. The van der Waals surface area contributed by atoms with E-state index in [-0.39, 0.29) is 23.9 Å². The number of anilines is 2. The SMILES string of the molecule is CCOC(=O)c1cccc(C(=O)Nc2cccc(NC(C)=O)c2)n1. The van der Waals surface area contributed by atoms with Gasteiger partial charge in [0.25, 0.3) is 5.91 Å². The molecule has 0 spiro atoms. The zero-order valence-electron chi connectivity index (χ0n) is 13.3. The number of amides is 2. The lowest BCUT2D eigenvalue weighted by Gasteiger charge is -2.08. The Kier molecular flexibility index (Phi) is 5.62. The number of hydrogen-bond donors (Lipinski definition) is 2. The molecular weight excluding hydrogens is 310 g/mol. The molecule has 0 fully saturated rings. The Labute approximate surface area is 139 Å². The predicted octanol–water partition coefficient (Wildman–Crippen LogP) is 2.47. The summed E-state index contributed by atoms with van der Waals surface area (Å²) in [5.41, 5.74) is 1.21. The second-order valence-electron chi connectivity index (χ2n) is 4.84. The number of esters is 1. The van der Waals surface area contributed by atoms with E-state index in [0.717, 1.165) is 0 Å². The minimum atomic E-state index is -0.584. The second kappa shape index (κ2) is 7.87. The molecule has 0 radical (unpaired) electrons. The Morgan fingerprint density at radius 1 is 1.00 bits per heavy atom. The molecule has 7 heteroatoms. The summed E-state index contributed by atoms with van der Waals surface area (Å²) in [7, 11) is 0. The van der Waals surface area contributed by atoms with Crippen molar-refractivity contribution in [3.8, 4) is 0 Å². The van der Waals surface area contributed by atoms with Crippen molar-refractivity contribution < 1.29 is 19.1 Å². The number of nitrogens with one attached hydrogen (secondary N) is 2. The third-order valence-corrected chi connectivity index (χ3v) is 2.91. The third-order valence-electron chi connectivity index (χ3n) is 2.91. The standard InChI is InChI=1S/C17H17N3O4/c1-3-24-17(23)15-9-5-8-14(20-15)16(22)19-13-7-4-6-12(10-13)18-11(2)21/h4-10H,3H2,1-2H3,(H,18,21)(H,19,22). The van der Waals surface area contributed by atoms with E-state index < -0.39 is 11.9 Å². The second-order valence-corrected chi connectivity index (χ2v) is 4.84. The van der Waals surface area contributed by atoms with Crippen LogP contribution < -0.4 is 10.6 Å². The van der Waals surface area contributed by atoms with E-state index in [4.69, 9.17) is 4.74 Å². The van der Waals surface area contributed by atoms with E-state index in [1.807, 2.05) is 0 Å². The summed E-state index contributed by atoms with van der Waals surface area (Å²) < 4.78 is 4.86. The van der Waals surface area contributed by atoms with Gasteiger partial charge in [0, 0.05) is 18.3 Å². The van der Waals surface area contributed by atoms with Crippen LogP contribution in [0.25, 0.3) is 0 Å². The molecule has 7 nitrogen and oxygen atoms in total. The molecule has 0 bridgehead atoms. The van der Waals surface area contributed by atoms with Gasteiger partial charge in [0.05, 0.1) is 6.61 Å². The van der Waals surface area contributed by atoms with Gasteiger partial charge in [-0.2, -0.15) is 0 Å².